The van der Waals surface area contributed by atoms with Crippen molar-refractivity contribution < 1.29 is 50.3 Å². The van der Waals surface area contributed by atoms with Crippen LogP contribution in [-0.2, 0) is 41.9 Å². The van der Waals surface area contributed by atoms with E-state index >= 15 is 0 Å². The van der Waals surface area contributed by atoms with E-state index in [2.05, 4.69) is 56.8 Å². The average Bonchev–Trinajstić information content (AvgIpc) is 4.00. The van der Waals surface area contributed by atoms with Crippen LogP contribution in [0.5, 0.6) is 0 Å². The molecule has 1 unspecified atom stereocenters. The van der Waals surface area contributed by atoms with E-state index in [1.54, 1.807) is 6.33 Å². The first-order valence-corrected chi connectivity index (χ1v) is 24.3. The molecule has 0 radical (unpaired) electrons. The Kier molecular flexibility index (Phi) is 17.1. The normalized spacial score (nSPS) is 19.9. The first-order chi connectivity index (χ1) is 34.8. The highest BCUT2D eigenvalue weighted by atomic mass is 16.7. The zero-order valence-corrected chi connectivity index (χ0v) is 40.1. The highest BCUT2D eigenvalue weighted by Gasteiger charge is 2.46. The Morgan fingerprint density at radius 3 is 1.89 bits per heavy atom. The number of pyridine rings is 2. The highest BCUT2D eigenvalue weighted by molar-refractivity contribution is 6.07. The van der Waals surface area contributed by atoms with Gasteiger partial charge in [0.2, 0.25) is 0 Å². The topological polar surface area (TPSA) is 320 Å². The lowest BCUT2D eigenvalue weighted by atomic mass is 9.96. The molecule has 1 aliphatic rings. The van der Waals surface area contributed by atoms with Gasteiger partial charge in [-0.25, -0.2) is 19.9 Å². The number of aliphatic hydroxyl groups excluding tert-OH is 8. The molecule has 19 heteroatoms. The number of aliphatic hydroxyl groups is 8. The van der Waals surface area contributed by atoms with E-state index in [0.29, 0.717) is 43.1 Å². The summed E-state index contributed by atoms with van der Waals surface area (Å²) >= 11 is 0. The maximum atomic E-state index is 10.8. The Hall–Kier alpha value is -6.20. The summed E-state index contributed by atoms with van der Waals surface area (Å²) in [5.41, 5.74) is 27.7. The van der Waals surface area contributed by atoms with Gasteiger partial charge in [-0.1, -0.05) is 98.3 Å². The lowest BCUT2D eigenvalue weighted by molar-refractivity contribution is -0.327. The van der Waals surface area contributed by atoms with Gasteiger partial charge in [0, 0.05) is 36.8 Å². The number of rotatable bonds is 19. The Labute approximate surface area is 415 Å². The van der Waals surface area contributed by atoms with Crippen LogP contribution in [0.4, 0.5) is 11.6 Å². The Morgan fingerprint density at radius 2 is 1.26 bits per heavy atom. The number of aromatic nitrogens is 6. The van der Waals surface area contributed by atoms with Crippen LogP contribution in [0, 0.1) is 0 Å². The predicted molar refractivity (Wildman–Crippen MR) is 273 cm³/mol. The van der Waals surface area contributed by atoms with E-state index in [-0.39, 0.29) is 6.42 Å². The van der Waals surface area contributed by atoms with Crippen molar-refractivity contribution in [3.05, 3.63) is 131 Å². The van der Waals surface area contributed by atoms with E-state index < -0.39 is 68.3 Å². The number of fused-ring (bicyclic) bond motifs is 6. The molecule has 1 fully saturated rings. The average molecular weight is 988 g/mol. The minimum absolute atomic E-state index is 0.110. The van der Waals surface area contributed by atoms with E-state index in [9.17, 15) is 40.9 Å². The van der Waals surface area contributed by atoms with Crippen molar-refractivity contribution in [2.45, 2.75) is 120 Å². The molecule has 72 heavy (non-hydrogen) atoms. The first-order valence-electron chi connectivity index (χ1n) is 24.3. The number of ether oxygens (including phenoxy) is 2. The third-order valence-electron chi connectivity index (χ3n) is 13.3. The lowest BCUT2D eigenvalue weighted by Crippen LogP contribution is -2.61. The fraction of sp³-hybridized carbons (Fsp3) is 0.396. The third kappa shape index (κ3) is 11.4. The van der Waals surface area contributed by atoms with Crippen molar-refractivity contribution in [3.63, 3.8) is 0 Å². The number of hydrogen-bond donors (Lipinski definition) is 11. The molecule has 9 atom stereocenters. The maximum Gasteiger partial charge on any atom is 0.187 e. The Bertz CT molecular complexity index is 3040. The molecule has 382 valence electrons. The van der Waals surface area contributed by atoms with Gasteiger partial charge in [-0.3, -0.25) is 0 Å². The summed E-state index contributed by atoms with van der Waals surface area (Å²) < 4.78 is 15.1. The van der Waals surface area contributed by atoms with E-state index in [0.717, 1.165) is 86.7 Å². The molecule has 0 saturated carbocycles. The van der Waals surface area contributed by atoms with Crippen LogP contribution in [0.2, 0.25) is 0 Å². The summed E-state index contributed by atoms with van der Waals surface area (Å²) in [5, 5.41) is 82.9. The van der Waals surface area contributed by atoms with Crippen LogP contribution in [0.25, 0.3) is 43.9 Å². The number of nitrogens with zero attached hydrogens (tertiary/aromatic N) is 6. The summed E-state index contributed by atoms with van der Waals surface area (Å²) in [4.78, 5) is 18.4. The SMILES string of the molecule is CCCCc1nc2c(N)nc3ccccc3c2n1Cc1ccc(CN)cc1.Nc1nc2ccccc2c2c1ncn2Cc1ccc(CCC[C@H](O)[C@@H](O)C(O[C@H]2O[C@H](CO)[C@@H](O)[C@H](O)[C@H]2O)[C@H](O)CO)cc1. The summed E-state index contributed by atoms with van der Waals surface area (Å²) in [6.07, 6.45) is -8.42. The van der Waals surface area contributed by atoms with Gasteiger partial charge in [-0.05, 0) is 60.1 Å². The van der Waals surface area contributed by atoms with Gasteiger partial charge in [0.25, 0.3) is 0 Å². The van der Waals surface area contributed by atoms with E-state index in [1.807, 2.05) is 71.3 Å². The molecule has 1 saturated heterocycles. The maximum absolute atomic E-state index is 10.8. The van der Waals surface area contributed by atoms with Gasteiger partial charge in [0.1, 0.15) is 59.6 Å². The number of hydrogen-bond acceptors (Lipinski definition) is 17. The van der Waals surface area contributed by atoms with Crippen molar-refractivity contribution in [1.29, 1.82) is 0 Å². The zero-order valence-electron chi connectivity index (χ0n) is 40.1. The quantitative estimate of drug-likeness (QED) is 0.0555. The Balaban J connectivity index is 0.000000218. The van der Waals surface area contributed by atoms with Crippen molar-refractivity contribution >= 4 is 55.5 Å². The van der Waals surface area contributed by atoms with Gasteiger partial charge >= 0.3 is 0 Å². The van der Waals surface area contributed by atoms with Gasteiger partial charge in [0.05, 0.1) is 47.7 Å². The summed E-state index contributed by atoms with van der Waals surface area (Å²) in [6.45, 7) is 2.54. The smallest absolute Gasteiger partial charge is 0.187 e. The molecule has 0 aliphatic carbocycles. The third-order valence-corrected chi connectivity index (χ3v) is 13.3. The monoisotopic (exact) mass is 987 g/mol. The molecule has 4 aromatic heterocycles. The van der Waals surface area contributed by atoms with Crippen LogP contribution in [-0.4, -0.2) is 138 Å². The standard InChI is InChI=1S/C31H40N4O10.C22H25N5/c32-30-23-24(18-5-1-2-6-19(18)34-30)35(15-33-23)12-17-10-8-16(9-11-17)4-3-7-20(38)25(40)29(21(39)13-36)45-31-28(43)27(42)26(41)22(14-37)44-31;1-2-3-8-19-26-20-21(17-6-4-5-7-18(17)25-22(20)24)27(19)14-16-11-9-15(13-23)10-12-16/h1-2,5-6,8-11,15,20-22,25-29,31,36-43H,3-4,7,12-14H2,(H2,32,34);4-7,9-12H,2-3,8,13-14,23H2,1H3,(H2,24,25)/t20-,21+,22+,25+,26+,27-,28+,29?,31+;/m0./s1. The number of anilines is 2. The van der Waals surface area contributed by atoms with Crippen LogP contribution in [0.3, 0.4) is 0 Å². The molecule has 14 N–H and O–H groups in total. The molecule has 1 aliphatic heterocycles. The minimum Gasteiger partial charge on any atom is -0.394 e. The second kappa shape index (κ2) is 23.6. The van der Waals surface area contributed by atoms with Crippen LogP contribution in [0.1, 0.15) is 60.7 Å². The molecule has 0 amide bonds. The molecule has 8 aromatic rings. The van der Waals surface area contributed by atoms with Crippen molar-refractivity contribution in [2.75, 3.05) is 24.7 Å². The number of nitrogen functional groups attached to an aromatic ring is 2. The summed E-state index contributed by atoms with van der Waals surface area (Å²) in [5.74, 6) is 1.95. The number of benzene rings is 4. The van der Waals surface area contributed by atoms with Crippen LogP contribution < -0.4 is 17.2 Å². The number of nitrogens with two attached hydrogens (primary N) is 3. The number of imidazole rings is 2. The van der Waals surface area contributed by atoms with Gasteiger partial charge in [0.15, 0.2) is 17.9 Å². The van der Waals surface area contributed by atoms with Crippen molar-refractivity contribution in [2.24, 2.45) is 5.73 Å². The Morgan fingerprint density at radius 1 is 0.667 bits per heavy atom. The molecule has 9 rings (SSSR count). The fourth-order valence-electron chi connectivity index (χ4n) is 9.24. The minimum atomic E-state index is -1.79. The van der Waals surface area contributed by atoms with Gasteiger partial charge in [-0.2, -0.15) is 0 Å². The largest absolute Gasteiger partial charge is 0.394 e. The molecule has 0 spiro atoms. The summed E-state index contributed by atoms with van der Waals surface area (Å²) in [7, 11) is 0. The van der Waals surface area contributed by atoms with Gasteiger partial charge in [-0.15, -0.1) is 0 Å². The zero-order chi connectivity index (χ0) is 51.1. The van der Waals surface area contributed by atoms with Crippen molar-refractivity contribution in [3.8, 4) is 0 Å². The van der Waals surface area contributed by atoms with E-state index in [4.69, 9.17) is 31.7 Å². The lowest BCUT2D eigenvalue weighted by Gasteiger charge is -2.42. The van der Waals surface area contributed by atoms with Crippen molar-refractivity contribution in [1.82, 2.24) is 29.1 Å². The van der Waals surface area contributed by atoms with Gasteiger partial charge < -0.3 is 76.7 Å². The van der Waals surface area contributed by atoms with Crippen LogP contribution >= 0.6 is 0 Å². The fourth-order valence-corrected chi connectivity index (χ4v) is 9.24. The molecule has 4 aromatic carbocycles. The molecule has 5 heterocycles. The highest BCUT2D eigenvalue weighted by Crippen LogP contribution is 2.31. The first kappa shape index (κ1) is 52.1. The molecular weight excluding hydrogens is 923 g/mol. The second-order valence-electron chi connectivity index (χ2n) is 18.3. The molecule has 0 bridgehead atoms. The summed E-state index contributed by atoms with van der Waals surface area (Å²) in [6, 6.07) is 32.3. The number of para-hydroxylation sites is 2. The second-order valence-corrected chi connectivity index (χ2v) is 18.3. The number of aryl methyl sites for hydroxylation is 2. The molecule has 19 nitrogen and oxygen atoms in total. The van der Waals surface area contributed by atoms with Crippen LogP contribution in [0.15, 0.2) is 103 Å². The number of unbranched alkanes of at least 4 members (excludes halogenated alkanes) is 1. The molecular formula is C53H65N9O10. The van der Waals surface area contributed by atoms with E-state index in [1.165, 1.54) is 5.56 Å². The predicted octanol–water partition coefficient (Wildman–Crippen LogP) is 2.81.